The first-order valence-corrected chi connectivity index (χ1v) is 12.3. The van der Waals surface area contributed by atoms with Gasteiger partial charge in [0.2, 0.25) is 29.0 Å². The fourth-order valence-electron chi connectivity index (χ4n) is 6.15. The summed E-state index contributed by atoms with van der Waals surface area (Å²) >= 11 is 6.51. The highest BCUT2D eigenvalue weighted by atomic mass is 35.5. The summed E-state index contributed by atoms with van der Waals surface area (Å²) < 4.78 is 6.31. The van der Waals surface area contributed by atoms with Crippen LogP contribution < -0.4 is 4.90 Å². The minimum absolute atomic E-state index is 0.190. The summed E-state index contributed by atoms with van der Waals surface area (Å²) in [4.78, 5) is 57.2. The van der Waals surface area contributed by atoms with Crippen LogP contribution in [0.4, 0.5) is 5.69 Å². The molecule has 2 aliphatic heterocycles. The highest BCUT2D eigenvalue weighted by molar-refractivity contribution is 6.37. The summed E-state index contributed by atoms with van der Waals surface area (Å²) in [5.41, 5.74) is -0.895. The first-order chi connectivity index (χ1) is 17.9. The number of Topliss-reactive ketones (excluding diaryl/α,β-unsaturated/α-hetero) is 2. The number of amides is 2. The van der Waals surface area contributed by atoms with Gasteiger partial charge in [-0.2, -0.15) is 0 Å². The molecule has 7 rings (SSSR count). The van der Waals surface area contributed by atoms with Gasteiger partial charge in [-0.3, -0.25) is 19.2 Å². The molecular formula is C30H18ClNO5. The number of nitrogens with zero attached hydrogens (tertiary/aromatic N) is 1. The van der Waals surface area contributed by atoms with Crippen LogP contribution in [0.2, 0.25) is 5.02 Å². The number of anilines is 1. The summed E-state index contributed by atoms with van der Waals surface area (Å²) in [6.45, 7) is 0. The molecule has 2 amide bonds. The van der Waals surface area contributed by atoms with E-state index in [0.717, 1.165) is 10.3 Å². The van der Waals surface area contributed by atoms with Crippen LogP contribution in [-0.2, 0) is 14.3 Å². The zero-order valence-corrected chi connectivity index (χ0v) is 20.0. The van der Waals surface area contributed by atoms with Crippen molar-refractivity contribution in [2.24, 2.45) is 11.8 Å². The molecule has 2 saturated heterocycles. The molecule has 180 valence electrons. The van der Waals surface area contributed by atoms with Crippen molar-refractivity contribution in [3.63, 3.8) is 0 Å². The predicted molar refractivity (Wildman–Crippen MR) is 137 cm³/mol. The number of ether oxygens (including phenoxy) is 1. The van der Waals surface area contributed by atoms with Crippen LogP contribution in [0, 0.1) is 11.8 Å². The van der Waals surface area contributed by atoms with Gasteiger partial charge in [0.05, 0.1) is 23.6 Å². The van der Waals surface area contributed by atoms with Gasteiger partial charge in [-0.1, -0.05) is 90.5 Å². The Bertz CT molecular complexity index is 1650. The fraction of sp³-hybridized carbons (Fsp3) is 0.133. The van der Waals surface area contributed by atoms with E-state index in [9.17, 15) is 19.2 Å². The zero-order valence-electron chi connectivity index (χ0n) is 19.3. The second kappa shape index (κ2) is 7.68. The number of benzene rings is 4. The second-order valence-corrected chi connectivity index (χ2v) is 9.92. The lowest BCUT2D eigenvalue weighted by Gasteiger charge is -2.27. The number of halogens is 1. The molecule has 1 aliphatic carbocycles. The standard InChI is InChI=1S/C30H18ClNO5/c31-21-14-6-5-13-20(21)25-23-24(30(37-25)26(33)18-11-3-4-12-19(18)27(30)34)29(36)32(28(23)35)22-15-7-9-16-8-1-2-10-17(16)22/h1-15,23-25H/t23-,24+,25+/m0/s1. The molecule has 3 aliphatic rings. The molecule has 0 aromatic heterocycles. The van der Waals surface area contributed by atoms with E-state index in [1.807, 2.05) is 30.3 Å². The van der Waals surface area contributed by atoms with Crippen molar-refractivity contribution < 1.29 is 23.9 Å². The van der Waals surface area contributed by atoms with Crippen molar-refractivity contribution in [1.82, 2.24) is 0 Å². The van der Waals surface area contributed by atoms with E-state index in [2.05, 4.69) is 0 Å². The number of carbonyl (C=O) groups is 4. The van der Waals surface area contributed by atoms with E-state index in [-0.39, 0.29) is 11.1 Å². The largest absolute Gasteiger partial charge is 0.349 e. The van der Waals surface area contributed by atoms with Gasteiger partial charge in [0, 0.05) is 27.1 Å². The molecule has 0 unspecified atom stereocenters. The highest BCUT2D eigenvalue weighted by Gasteiger charge is 2.75. The van der Waals surface area contributed by atoms with Crippen LogP contribution >= 0.6 is 11.6 Å². The third-order valence-corrected chi connectivity index (χ3v) is 8.08. The summed E-state index contributed by atoms with van der Waals surface area (Å²) in [7, 11) is 0. The first kappa shape index (κ1) is 22.1. The normalized spacial score (nSPS) is 23.8. The molecule has 0 radical (unpaired) electrons. The number of carbonyl (C=O) groups excluding carboxylic acids is 4. The van der Waals surface area contributed by atoms with Crippen LogP contribution in [0.3, 0.4) is 0 Å². The van der Waals surface area contributed by atoms with Gasteiger partial charge in [0.15, 0.2) is 0 Å². The van der Waals surface area contributed by atoms with Crippen LogP contribution in [-0.4, -0.2) is 29.0 Å². The van der Waals surface area contributed by atoms with Gasteiger partial charge in [0.25, 0.3) is 0 Å². The lowest BCUT2D eigenvalue weighted by Crippen LogP contribution is -2.51. The molecule has 4 aromatic rings. The Labute approximate surface area is 216 Å². The summed E-state index contributed by atoms with van der Waals surface area (Å²) in [5.74, 6) is -4.78. The number of rotatable bonds is 2. The SMILES string of the molecule is O=C1[C@@H]2[C@@H](c3ccccc3Cl)OC3(C(=O)c4ccccc4C3=O)[C@H]2C(=O)N1c1cccc2ccccc12. The smallest absolute Gasteiger partial charge is 0.241 e. The summed E-state index contributed by atoms with van der Waals surface area (Å²) in [5, 5.41) is 1.89. The molecule has 0 bridgehead atoms. The van der Waals surface area contributed by atoms with E-state index in [0.29, 0.717) is 21.7 Å². The highest BCUT2D eigenvalue weighted by Crippen LogP contribution is 2.58. The van der Waals surface area contributed by atoms with Crippen molar-refractivity contribution in [3.05, 3.63) is 113 Å². The van der Waals surface area contributed by atoms with Crippen LogP contribution in [0.15, 0.2) is 91.0 Å². The third-order valence-electron chi connectivity index (χ3n) is 7.74. The van der Waals surface area contributed by atoms with Gasteiger partial charge in [-0.25, -0.2) is 4.90 Å². The minimum atomic E-state index is -2.13. The quantitative estimate of drug-likeness (QED) is 0.275. The van der Waals surface area contributed by atoms with Crippen molar-refractivity contribution in [1.29, 1.82) is 0 Å². The maximum absolute atomic E-state index is 14.2. The van der Waals surface area contributed by atoms with E-state index in [1.54, 1.807) is 60.7 Å². The molecule has 0 saturated carbocycles. The fourth-order valence-corrected chi connectivity index (χ4v) is 6.39. The van der Waals surface area contributed by atoms with E-state index < -0.39 is 46.9 Å². The first-order valence-electron chi connectivity index (χ1n) is 11.9. The topological polar surface area (TPSA) is 80.8 Å². The molecule has 1 spiro atoms. The average molecular weight is 508 g/mol. The number of fused-ring (bicyclic) bond motifs is 4. The Hall–Kier alpha value is -4.13. The van der Waals surface area contributed by atoms with E-state index in [4.69, 9.17) is 16.3 Å². The molecule has 37 heavy (non-hydrogen) atoms. The monoisotopic (exact) mass is 507 g/mol. The van der Waals surface area contributed by atoms with Crippen LogP contribution in [0.5, 0.6) is 0 Å². The van der Waals surface area contributed by atoms with Crippen LogP contribution in [0.1, 0.15) is 32.4 Å². The molecule has 4 aromatic carbocycles. The molecule has 2 heterocycles. The Balaban J connectivity index is 1.46. The number of imide groups is 1. The Kier molecular flexibility index (Phi) is 4.59. The Morgan fingerprint density at radius 3 is 2.05 bits per heavy atom. The lowest BCUT2D eigenvalue weighted by molar-refractivity contribution is -0.127. The van der Waals surface area contributed by atoms with Gasteiger partial charge >= 0.3 is 0 Å². The minimum Gasteiger partial charge on any atom is -0.349 e. The second-order valence-electron chi connectivity index (χ2n) is 9.51. The lowest BCUT2D eigenvalue weighted by atomic mass is 9.77. The van der Waals surface area contributed by atoms with Crippen molar-refractivity contribution in [3.8, 4) is 0 Å². The molecule has 7 heteroatoms. The maximum atomic E-state index is 14.2. The average Bonchev–Trinajstić information content (AvgIpc) is 3.48. The van der Waals surface area contributed by atoms with Crippen molar-refractivity contribution in [2.45, 2.75) is 11.7 Å². The van der Waals surface area contributed by atoms with Crippen molar-refractivity contribution >= 4 is 51.4 Å². The Morgan fingerprint density at radius 2 is 1.32 bits per heavy atom. The summed E-state index contributed by atoms with van der Waals surface area (Å²) in [6, 6.07) is 26.0. The van der Waals surface area contributed by atoms with E-state index in [1.165, 1.54) is 0 Å². The van der Waals surface area contributed by atoms with Gasteiger partial charge in [-0.05, 0) is 17.5 Å². The molecule has 0 N–H and O–H groups in total. The predicted octanol–water partition coefficient (Wildman–Crippen LogP) is 5.19. The number of ketones is 2. The maximum Gasteiger partial charge on any atom is 0.241 e. The Morgan fingerprint density at radius 1 is 0.703 bits per heavy atom. The zero-order chi connectivity index (χ0) is 25.5. The van der Waals surface area contributed by atoms with Gasteiger partial charge < -0.3 is 4.74 Å². The molecule has 6 nitrogen and oxygen atoms in total. The molecule has 3 atom stereocenters. The van der Waals surface area contributed by atoms with Crippen molar-refractivity contribution in [2.75, 3.05) is 4.90 Å². The molecule has 2 fully saturated rings. The van der Waals surface area contributed by atoms with E-state index >= 15 is 0 Å². The van der Waals surface area contributed by atoms with Gasteiger partial charge in [-0.15, -0.1) is 0 Å². The number of hydrogen-bond donors (Lipinski definition) is 0. The summed E-state index contributed by atoms with van der Waals surface area (Å²) in [6.07, 6.45) is -1.06. The van der Waals surface area contributed by atoms with Crippen LogP contribution in [0.25, 0.3) is 10.8 Å². The molecular weight excluding hydrogens is 490 g/mol. The third kappa shape index (κ3) is 2.74. The number of hydrogen-bond acceptors (Lipinski definition) is 5. The van der Waals surface area contributed by atoms with Gasteiger partial charge in [0.1, 0.15) is 0 Å².